The van der Waals surface area contributed by atoms with Crippen LogP contribution in [-0.4, -0.2) is 16.9 Å². The van der Waals surface area contributed by atoms with E-state index in [0.29, 0.717) is 11.3 Å². The Kier molecular flexibility index (Phi) is 4.84. The van der Waals surface area contributed by atoms with Crippen LogP contribution in [0, 0.1) is 15.9 Å². The molecule has 0 saturated heterocycles. The van der Waals surface area contributed by atoms with Crippen LogP contribution in [-0.2, 0) is 4.79 Å². The highest BCUT2D eigenvalue weighted by molar-refractivity contribution is 6.06. The number of hydrogen-bond acceptors (Lipinski definition) is 4. The van der Waals surface area contributed by atoms with Crippen LogP contribution in [0.15, 0.2) is 59.8 Å². The van der Waals surface area contributed by atoms with E-state index in [9.17, 15) is 24.1 Å². The van der Waals surface area contributed by atoms with Crippen molar-refractivity contribution in [2.75, 3.05) is 5.32 Å². The van der Waals surface area contributed by atoms with Crippen molar-refractivity contribution < 1.29 is 18.9 Å². The molecule has 8 nitrogen and oxygen atoms in total. The third-order valence-corrected chi connectivity index (χ3v) is 4.01. The Hall–Kier alpha value is -3.75. The Morgan fingerprint density at radius 1 is 1.22 bits per heavy atom. The summed E-state index contributed by atoms with van der Waals surface area (Å²) >= 11 is 0. The summed E-state index contributed by atoms with van der Waals surface area (Å²) in [6.45, 7) is 1.55. The fourth-order valence-electron chi connectivity index (χ4n) is 2.83. The van der Waals surface area contributed by atoms with E-state index >= 15 is 0 Å². The molecule has 3 amide bonds. The SMILES string of the molecule is CC1=C(C(=O)Nc2cccc([N+](=O)[O-])c2)C(c2cccc(F)c2)NC(=O)N1. The molecule has 1 heterocycles. The van der Waals surface area contributed by atoms with Gasteiger partial charge < -0.3 is 16.0 Å². The Morgan fingerprint density at radius 2 is 1.96 bits per heavy atom. The van der Waals surface area contributed by atoms with Gasteiger partial charge in [0.1, 0.15) is 5.82 Å². The van der Waals surface area contributed by atoms with Gasteiger partial charge in [-0.1, -0.05) is 18.2 Å². The third-order valence-electron chi connectivity index (χ3n) is 4.01. The number of nitrogens with one attached hydrogen (secondary N) is 3. The topological polar surface area (TPSA) is 113 Å². The van der Waals surface area contributed by atoms with Gasteiger partial charge in [0.15, 0.2) is 0 Å². The van der Waals surface area contributed by atoms with Gasteiger partial charge in [0.05, 0.1) is 16.5 Å². The minimum atomic E-state index is -0.867. The lowest BCUT2D eigenvalue weighted by atomic mass is 9.94. The van der Waals surface area contributed by atoms with Crippen LogP contribution in [0.2, 0.25) is 0 Å². The van der Waals surface area contributed by atoms with E-state index in [4.69, 9.17) is 0 Å². The van der Waals surface area contributed by atoms with Gasteiger partial charge in [0.25, 0.3) is 11.6 Å². The molecule has 3 N–H and O–H groups in total. The Labute approximate surface area is 153 Å². The molecule has 0 spiro atoms. The summed E-state index contributed by atoms with van der Waals surface area (Å²) in [6.07, 6.45) is 0. The smallest absolute Gasteiger partial charge is 0.319 e. The van der Waals surface area contributed by atoms with Gasteiger partial charge in [-0.25, -0.2) is 9.18 Å². The molecule has 0 radical (unpaired) electrons. The zero-order valence-electron chi connectivity index (χ0n) is 14.2. The summed E-state index contributed by atoms with van der Waals surface area (Å²) in [5.74, 6) is -1.08. The number of halogens is 1. The van der Waals surface area contributed by atoms with Gasteiger partial charge >= 0.3 is 6.03 Å². The first kappa shape index (κ1) is 18.1. The molecule has 1 aliphatic heterocycles. The first-order valence-electron chi connectivity index (χ1n) is 7.94. The molecular formula is C18H15FN4O4. The number of carbonyl (C=O) groups excluding carboxylic acids is 2. The van der Waals surface area contributed by atoms with Crippen molar-refractivity contribution in [2.45, 2.75) is 13.0 Å². The molecule has 138 valence electrons. The van der Waals surface area contributed by atoms with Crippen LogP contribution < -0.4 is 16.0 Å². The first-order chi connectivity index (χ1) is 12.8. The zero-order chi connectivity index (χ0) is 19.6. The van der Waals surface area contributed by atoms with Gasteiger partial charge in [-0.15, -0.1) is 0 Å². The molecular weight excluding hydrogens is 355 g/mol. The maximum absolute atomic E-state index is 13.6. The van der Waals surface area contributed by atoms with E-state index in [0.717, 1.165) is 0 Å². The predicted octanol–water partition coefficient (Wildman–Crippen LogP) is 3.00. The van der Waals surface area contributed by atoms with E-state index in [1.165, 1.54) is 42.5 Å². The minimum Gasteiger partial charge on any atom is -0.327 e. The van der Waals surface area contributed by atoms with Crippen LogP contribution in [0.25, 0.3) is 0 Å². The van der Waals surface area contributed by atoms with Gasteiger partial charge in [0.2, 0.25) is 0 Å². The summed E-state index contributed by atoms with van der Waals surface area (Å²) in [5.41, 5.74) is 0.927. The molecule has 9 heteroatoms. The molecule has 3 rings (SSSR count). The number of allylic oxidation sites excluding steroid dienone is 1. The number of nitro benzene ring substituents is 1. The average molecular weight is 370 g/mol. The van der Waals surface area contributed by atoms with Crippen molar-refractivity contribution in [2.24, 2.45) is 0 Å². The number of rotatable bonds is 4. The number of carbonyl (C=O) groups is 2. The number of nitrogens with zero attached hydrogens (tertiary/aromatic N) is 1. The quantitative estimate of drug-likeness (QED) is 0.567. The number of hydrogen-bond donors (Lipinski definition) is 3. The maximum Gasteiger partial charge on any atom is 0.319 e. The lowest BCUT2D eigenvalue weighted by Gasteiger charge is -2.28. The molecule has 0 saturated carbocycles. The summed E-state index contributed by atoms with van der Waals surface area (Å²) in [6, 6.07) is 9.64. The first-order valence-corrected chi connectivity index (χ1v) is 7.94. The fraction of sp³-hybridized carbons (Fsp3) is 0.111. The molecule has 0 fully saturated rings. The lowest BCUT2D eigenvalue weighted by Crippen LogP contribution is -2.46. The van der Waals surface area contributed by atoms with E-state index in [1.54, 1.807) is 13.0 Å². The number of benzene rings is 2. The van der Waals surface area contributed by atoms with Crippen molar-refractivity contribution in [1.29, 1.82) is 0 Å². The number of non-ortho nitro benzene ring substituents is 1. The van der Waals surface area contributed by atoms with E-state index in [2.05, 4.69) is 16.0 Å². The normalized spacial score (nSPS) is 16.4. The van der Waals surface area contributed by atoms with E-state index in [-0.39, 0.29) is 16.9 Å². The van der Waals surface area contributed by atoms with Crippen LogP contribution in [0.4, 0.5) is 20.6 Å². The van der Waals surface area contributed by atoms with Crippen molar-refractivity contribution >= 4 is 23.3 Å². The van der Waals surface area contributed by atoms with Crippen molar-refractivity contribution in [1.82, 2.24) is 10.6 Å². The molecule has 2 aromatic rings. The van der Waals surface area contributed by atoms with Crippen LogP contribution in [0.1, 0.15) is 18.5 Å². The van der Waals surface area contributed by atoms with Crippen molar-refractivity contribution in [3.8, 4) is 0 Å². The summed E-state index contributed by atoms with van der Waals surface area (Å²) < 4.78 is 13.6. The summed E-state index contributed by atoms with van der Waals surface area (Å²) in [5, 5.41) is 18.6. The molecule has 0 bridgehead atoms. The van der Waals surface area contributed by atoms with Gasteiger partial charge in [-0.3, -0.25) is 14.9 Å². The van der Waals surface area contributed by atoms with Crippen LogP contribution in [0.5, 0.6) is 0 Å². The molecule has 2 aromatic carbocycles. The number of nitro groups is 1. The zero-order valence-corrected chi connectivity index (χ0v) is 14.2. The standard InChI is InChI=1S/C18H15FN4O4/c1-10-15(17(24)21-13-6-3-7-14(9-13)23(26)27)16(22-18(25)20-10)11-4-2-5-12(19)8-11/h2-9,16H,1H3,(H,21,24)(H2,20,22,25). The second kappa shape index (κ2) is 7.24. The highest BCUT2D eigenvalue weighted by Gasteiger charge is 2.31. The molecule has 0 aromatic heterocycles. The molecule has 1 unspecified atom stereocenters. The molecule has 1 aliphatic rings. The summed E-state index contributed by atoms with van der Waals surface area (Å²) in [4.78, 5) is 35.0. The fourth-order valence-corrected chi connectivity index (χ4v) is 2.83. The highest BCUT2D eigenvalue weighted by Crippen LogP contribution is 2.28. The van der Waals surface area contributed by atoms with Gasteiger partial charge in [-0.05, 0) is 30.7 Å². The largest absolute Gasteiger partial charge is 0.327 e. The predicted molar refractivity (Wildman–Crippen MR) is 95.2 cm³/mol. The van der Waals surface area contributed by atoms with Gasteiger partial charge in [-0.2, -0.15) is 0 Å². The summed E-state index contributed by atoms with van der Waals surface area (Å²) in [7, 11) is 0. The molecule has 0 aliphatic carbocycles. The van der Waals surface area contributed by atoms with Crippen LogP contribution >= 0.6 is 0 Å². The van der Waals surface area contributed by atoms with Crippen molar-refractivity contribution in [3.63, 3.8) is 0 Å². The highest BCUT2D eigenvalue weighted by atomic mass is 19.1. The van der Waals surface area contributed by atoms with E-state index in [1.807, 2.05) is 0 Å². The average Bonchev–Trinajstić information content (AvgIpc) is 2.61. The minimum absolute atomic E-state index is 0.171. The number of urea groups is 1. The Balaban J connectivity index is 1.94. The number of amides is 3. The van der Waals surface area contributed by atoms with Gasteiger partial charge in [0, 0.05) is 23.5 Å². The number of anilines is 1. The third kappa shape index (κ3) is 3.92. The molecule has 27 heavy (non-hydrogen) atoms. The van der Waals surface area contributed by atoms with Crippen molar-refractivity contribution in [3.05, 3.63) is 81.3 Å². The Bertz CT molecular complexity index is 973. The monoisotopic (exact) mass is 370 g/mol. The van der Waals surface area contributed by atoms with Crippen LogP contribution in [0.3, 0.4) is 0 Å². The maximum atomic E-state index is 13.6. The Morgan fingerprint density at radius 3 is 2.67 bits per heavy atom. The molecule has 1 atom stereocenters. The van der Waals surface area contributed by atoms with E-state index < -0.39 is 28.7 Å². The lowest BCUT2D eigenvalue weighted by molar-refractivity contribution is -0.384. The second-order valence-corrected chi connectivity index (χ2v) is 5.89. The second-order valence-electron chi connectivity index (χ2n) is 5.89.